The van der Waals surface area contributed by atoms with Gasteiger partial charge in [0.1, 0.15) is 0 Å². The van der Waals surface area contributed by atoms with Gasteiger partial charge in [-0.2, -0.15) is 0 Å². The van der Waals surface area contributed by atoms with Crippen molar-refractivity contribution < 1.29 is 20.1 Å². The molecule has 0 bridgehead atoms. The SMILES string of the molecule is Cc1c[c-]c(-c2cc(-c3ccccc3)c(C)cn2)cc1.Cc1cccc(C)c1-c1ccnc(-c2[c-]cc(-c3cc4ccccc4c4ccccc34)cc2)c1.[Ir]. The normalized spacial score (nSPS) is 10.8. The van der Waals surface area contributed by atoms with Crippen LogP contribution in [0.4, 0.5) is 0 Å². The Morgan fingerprint density at radius 2 is 1.09 bits per heavy atom. The van der Waals surface area contributed by atoms with E-state index in [1.807, 2.05) is 24.5 Å². The molecule has 0 aliphatic rings. The van der Waals surface area contributed by atoms with Crippen LogP contribution in [0.3, 0.4) is 0 Å². The molecule has 0 saturated carbocycles. The van der Waals surface area contributed by atoms with Gasteiger partial charge in [-0.1, -0.05) is 133 Å². The summed E-state index contributed by atoms with van der Waals surface area (Å²) in [4.78, 5) is 9.19. The van der Waals surface area contributed by atoms with Gasteiger partial charge in [0.25, 0.3) is 0 Å². The van der Waals surface area contributed by atoms with Crippen molar-refractivity contribution in [1.82, 2.24) is 9.97 Å². The molecule has 2 aromatic heterocycles. The Morgan fingerprint density at radius 1 is 0.436 bits per heavy atom. The van der Waals surface area contributed by atoms with E-state index in [-0.39, 0.29) is 20.1 Å². The molecule has 2 nitrogen and oxygen atoms in total. The number of rotatable bonds is 5. The van der Waals surface area contributed by atoms with Crippen molar-refractivity contribution in [3.63, 3.8) is 0 Å². The van der Waals surface area contributed by atoms with Gasteiger partial charge >= 0.3 is 0 Å². The molecule has 0 spiro atoms. The third-order valence-corrected chi connectivity index (χ3v) is 10.1. The van der Waals surface area contributed by atoms with Crippen LogP contribution in [0.15, 0.2) is 170 Å². The molecule has 0 saturated heterocycles. The van der Waals surface area contributed by atoms with Crippen molar-refractivity contribution in [2.75, 3.05) is 0 Å². The van der Waals surface area contributed by atoms with Crippen molar-refractivity contribution in [1.29, 1.82) is 0 Å². The standard InChI is InChI=1S/C33H24N.C19H16N.Ir/c1-22-8-7-9-23(2)33(22)27-18-19-34-32(21-27)25-16-14-24(15-17-25)31-20-26-10-3-4-11-28(26)29-12-5-6-13-30(29)31;1-14-8-10-17(11-9-14)19-12-18(15(2)13-20-19)16-6-4-3-5-7-16;/h3-16,18-21H,1-2H3;3-10,12-13H,1-2H3;/q2*-1;. The van der Waals surface area contributed by atoms with Gasteiger partial charge < -0.3 is 9.97 Å². The summed E-state index contributed by atoms with van der Waals surface area (Å²) >= 11 is 0. The molecule has 0 atom stereocenters. The summed E-state index contributed by atoms with van der Waals surface area (Å²) in [6.45, 7) is 8.49. The van der Waals surface area contributed by atoms with Crippen LogP contribution in [0.2, 0.25) is 0 Å². The van der Waals surface area contributed by atoms with Crippen LogP contribution >= 0.6 is 0 Å². The van der Waals surface area contributed by atoms with E-state index in [0.717, 1.165) is 28.1 Å². The first-order valence-corrected chi connectivity index (χ1v) is 18.4. The number of benzene rings is 7. The summed E-state index contributed by atoms with van der Waals surface area (Å²) in [6, 6.07) is 62.2. The second-order valence-electron chi connectivity index (χ2n) is 13.9. The molecule has 9 aromatic rings. The fourth-order valence-electron chi connectivity index (χ4n) is 7.31. The number of aryl methyl sites for hydroxylation is 4. The first-order valence-electron chi connectivity index (χ1n) is 18.4. The number of hydrogen-bond acceptors (Lipinski definition) is 2. The Hall–Kier alpha value is -5.99. The van der Waals surface area contributed by atoms with Gasteiger partial charge in [0.05, 0.1) is 0 Å². The van der Waals surface area contributed by atoms with E-state index in [1.165, 1.54) is 71.6 Å². The van der Waals surface area contributed by atoms with E-state index < -0.39 is 0 Å². The Kier molecular flexibility index (Phi) is 11.2. The first-order chi connectivity index (χ1) is 26.4. The fourth-order valence-corrected chi connectivity index (χ4v) is 7.31. The molecule has 3 heteroatoms. The predicted molar refractivity (Wildman–Crippen MR) is 227 cm³/mol. The maximum atomic E-state index is 4.66. The number of aromatic nitrogens is 2. The molecule has 0 N–H and O–H groups in total. The zero-order valence-corrected chi connectivity index (χ0v) is 33.8. The zero-order chi connectivity index (χ0) is 37.0. The van der Waals surface area contributed by atoms with E-state index in [2.05, 4.69) is 195 Å². The largest absolute Gasteiger partial charge is 0.305 e. The van der Waals surface area contributed by atoms with Gasteiger partial charge in [-0.15, -0.1) is 65.2 Å². The molecule has 269 valence electrons. The summed E-state index contributed by atoms with van der Waals surface area (Å²) in [6.07, 6.45) is 3.83. The third kappa shape index (κ3) is 7.96. The summed E-state index contributed by atoms with van der Waals surface area (Å²) in [5.74, 6) is 0. The Morgan fingerprint density at radius 3 is 1.80 bits per heavy atom. The van der Waals surface area contributed by atoms with Gasteiger partial charge in [-0.25, -0.2) is 0 Å². The molecule has 9 rings (SSSR count). The van der Waals surface area contributed by atoms with E-state index >= 15 is 0 Å². The quantitative estimate of drug-likeness (QED) is 0.127. The summed E-state index contributed by atoms with van der Waals surface area (Å²) in [7, 11) is 0. The minimum Gasteiger partial charge on any atom is -0.305 e. The van der Waals surface area contributed by atoms with Crippen LogP contribution in [0.5, 0.6) is 0 Å². The van der Waals surface area contributed by atoms with Gasteiger partial charge in [-0.3, -0.25) is 0 Å². The molecule has 0 fully saturated rings. The van der Waals surface area contributed by atoms with Gasteiger partial charge in [0.15, 0.2) is 0 Å². The predicted octanol–water partition coefficient (Wildman–Crippen LogP) is 13.6. The average Bonchev–Trinajstić information content (AvgIpc) is 3.22. The molecule has 1 radical (unpaired) electrons. The van der Waals surface area contributed by atoms with Crippen molar-refractivity contribution in [3.05, 3.63) is 205 Å². The van der Waals surface area contributed by atoms with E-state index in [4.69, 9.17) is 0 Å². The topological polar surface area (TPSA) is 25.8 Å². The zero-order valence-electron chi connectivity index (χ0n) is 31.4. The molecule has 2 heterocycles. The van der Waals surface area contributed by atoms with Crippen LogP contribution in [0, 0.1) is 39.8 Å². The summed E-state index contributed by atoms with van der Waals surface area (Å²) < 4.78 is 0. The minimum absolute atomic E-state index is 0. The molecular formula is C52H40IrN2-2. The van der Waals surface area contributed by atoms with Gasteiger partial charge in [-0.05, 0) is 98.7 Å². The Labute approximate surface area is 338 Å². The number of hydrogen-bond donors (Lipinski definition) is 0. The number of fused-ring (bicyclic) bond motifs is 3. The third-order valence-electron chi connectivity index (χ3n) is 10.1. The van der Waals surface area contributed by atoms with Crippen LogP contribution in [-0.4, -0.2) is 9.97 Å². The van der Waals surface area contributed by atoms with Crippen LogP contribution < -0.4 is 0 Å². The molecule has 0 amide bonds. The summed E-state index contributed by atoms with van der Waals surface area (Å²) in [5, 5.41) is 5.08. The average molecular weight is 885 g/mol. The molecule has 0 unspecified atom stereocenters. The van der Waals surface area contributed by atoms with E-state index in [9.17, 15) is 0 Å². The molecular weight excluding hydrogens is 845 g/mol. The van der Waals surface area contributed by atoms with Crippen molar-refractivity contribution >= 4 is 21.5 Å². The van der Waals surface area contributed by atoms with Crippen molar-refractivity contribution in [2.24, 2.45) is 0 Å². The number of pyridine rings is 2. The van der Waals surface area contributed by atoms with Crippen LogP contribution in [-0.2, 0) is 20.1 Å². The second-order valence-corrected chi connectivity index (χ2v) is 13.9. The Bertz CT molecular complexity index is 2710. The Balaban J connectivity index is 0.000000190. The van der Waals surface area contributed by atoms with Gasteiger partial charge in [0, 0.05) is 32.5 Å². The van der Waals surface area contributed by atoms with Crippen molar-refractivity contribution in [3.8, 4) is 55.9 Å². The maximum Gasteiger partial charge on any atom is 0.0196 e. The van der Waals surface area contributed by atoms with Crippen molar-refractivity contribution in [2.45, 2.75) is 27.7 Å². The summed E-state index contributed by atoms with van der Waals surface area (Å²) in [5.41, 5.74) is 16.2. The molecule has 55 heavy (non-hydrogen) atoms. The fraction of sp³-hybridized carbons (Fsp3) is 0.0769. The second kappa shape index (κ2) is 16.6. The minimum atomic E-state index is 0. The molecule has 7 aromatic carbocycles. The van der Waals surface area contributed by atoms with Crippen LogP contribution in [0.25, 0.3) is 77.4 Å². The van der Waals surface area contributed by atoms with Crippen LogP contribution in [0.1, 0.15) is 22.3 Å². The molecule has 0 aliphatic carbocycles. The van der Waals surface area contributed by atoms with E-state index in [1.54, 1.807) is 0 Å². The molecule has 0 aliphatic heterocycles. The number of nitrogens with zero attached hydrogens (tertiary/aromatic N) is 2. The van der Waals surface area contributed by atoms with Gasteiger partial charge in [0.2, 0.25) is 0 Å². The van der Waals surface area contributed by atoms with E-state index in [0.29, 0.717) is 0 Å². The maximum absolute atomic E-state index is 4.66. The smallest absolute Gasteiger partial charge is 0.0196 e. The monoisotopic (exact) mass is 885 g/mol. The first kappa shape index (κ1) is 37.3.